The number of benzene rings is 1. The summed E-state index contributed by atoms with van der Waals surface area (Å²) in [5.74, 6) is -1.13. The molecule has 0 aliphatic rings. The summed E-state index contributed by atoms with van der Waals surface area (Å²) in [5, 5.41) is 14.8. The molecule has 0 saturated heterocycles. The van der Waals surface area contributed by atoms with Crippen molar-refractivity contribution < 1.29 is 14.4 Å². The molecule has 0 spiro atoms. The van der Waals surface area contributed by atoms with Crippen molar-refractivity contribution >= 4 is 45.1 Å². The molecule has 3 rings (SSSR count). The Hall–Kier alpha value is -3.27. The summed E-state index contributed by atoms with van der Waals surface area (Å²) >= 11 is 1.21. The van der Waals surface area contributed by atoms with E-state index >= 15 is 0 Å². The number of nitrogens with zero attached hydrogens (tertiary/aromatic N) is 2. The Labute approximate surface area is 152 Å². The number of H-pyrrole nitrogens is 1. The maximum Gasteiger partial charge on any atom is 0.272 e. The minimum atomic E-state index is -0.484. The second kappa shape index (κ2) is 7.74. The summed E-state index contributed by atoms with van der Waals surface area (Å²) < 4.78 is 0. The predicted octanol–water partition coefficient (Wildman–Crippen LogP) is 0.806. The lowest BCUT2D eigenvalue weighted by molar-refractivity contribution is -0.117. The van der Waals surface area contributed by atoms with Crippen molar-refractivity contribution in [3.63, 3.8) is 0 Å². The molecule has 0 unspecified atom stereocenters. The van der Waals surface area contributed by atoms with E-state index in [0.717, 1.165) is 10.9 Å². The largest absolute Gasteiger partial charge is 0.369 e. The number of fused-ring (bicyclic) bond motifs is 1. The topological polar surface area (TPSA) is 143 Å². The predicted molar refractivity (Wildman–Crippen MR) is 96.7 cm³/mol. The van der Waals surface area contributed by atoms with Crippen molar-refractivity contribution in [2.75, 3.05) is 11.9 Å². The van der Waals surface area contributed by atoms with Gasteiger partial charge >= 0.3 is 0 Å². The molecule has 26 heavy (non-hydrogen) atoms. The summed E-state index contributed by atoms with van der Waals surface area (Å²) in [6.07, 6.45) is 0.110. The fraction of sp³-hybridized carbons (Fsp3) is 0.188. The highest BCUT2D eigenvalue weighted by atomic mass is 32.1. The van der Waals surface area contributed by atoms with Crippen molar-refractivity contribution in [1.29, 1.82) is 0 Å². The van der Waals surface area contributed by atoms with Crippen molar-refractivity contribution in [1.82, 2.24) is 20.5 Å². The average Bonchev–Trinajstić information content (AvgIpc) is 3.21. The number of hydrogen-bond donors (Lipinski definition) is 4. The number of thiazole rings is 1. The molecule has 0 aliphatic heterocycles. The molecule has 3 amide bonds. The molecular formula is C16H16N6O3S. The first-order chi connectivity index (χ1) is 12.5. The molecule has 134 valence electrons. The fourth-order valence-electron chi connectivity index (χ4n) is 2.32. The van der Waals surface area contributed by atoms with Gasteiger partial charge in [0, 0.05) is 23.7 Å². The van der Waals surface area contributed by atoms with Gasteiger partial charge < -0.3 is 16.4 Å². The van der Waals surface area contributed by atoms with Crippen molar-refractivity contribution in [2.45, 2.75) is 12.8 Å². The molecular weight excluding hydrogens is 356 g/mol. The van der Waals surface area contributed by atoms with Gasteiger partial charge in [0.1, 0.15) is 0 Å². The van der Waals surface area contributed by atoms with E-state index in [1.807, 2.05) is 18.2 Å². The van der Waals surface area contributed by atoms with Crippen molar-refractivity contribution in [3.05, 3.63) is 41.0 Å². The number of anilines is 1. The van der Waals surface area contributed by atoms with Gasteiger partial charge in [0.05, 0.1) is 17.6 Å². The number of amides is 3. The first kappa shape index (κ1) is 17.5. The lowest BCUT2D eigenvalue weighted by Crippen LogP contribution is -2.28. The number of carbonyl (C=O) groups is 3. The van der Waals surface area contributed by atoms with Crippen LogP contribution < -0.4 is 16.4 Å². The first-order valence-corrected chi connectivity index (χ1v) is 8.65. The van der Waals surface area contributed by atoms with E-state index in [-0.39, 0.29) is 36.9 Å². The average molecular weight is 372 g/mol. The van der Waals surface area contributed by atoms with Gasteiger partial charge in [0.25, 0.3) is 5.91 Å². The summed E-state index contributed by atoms with van der Waals surface area (Å²) in [5.41, 5.74) is 6.66. The minimum Gasteiger partial charge on any atom is -0.369 e. The third-order valence-electron chi connectivity index (χ3n) is 3.48. The Bertz CT molecular complexity index is 964. The molecule has 0 bridgehead atoms. The standard InChI is InChI=1S/C16H16N6O3S/c17-12(23)7-9-8-26-16(19-9)20-13(24)5-6-18-15(25)14-10-3-1-2-4-11(10)21-22-14/h1-4,8H,5-7H2,(H2,17,23)(H,18,25)(H,21,22)(H,19,20,24). The van der Waals surface area contributed by atoms with Crippen LogP contribution in [-0.4, -0.2) is 39.4 Å². The van der Waals surface area contributed by atoms with Gasteiger partial charge in [-0.25, -0.2) is 4.98 Å². The van der Waals surface area contributed by atoms with Crippen LogP contribution in [0.3, 0.4) is 0 Å². The Morgan fingerprint density at radius 1 is 1.23 bits per heavy atom. The number of hydrogen-bond acceptors (Lipinski definition) is 6. The molecule has 2 aromatic heterocycles. The van der Waals surface area contributed by atoms with Gasteiger partial charge in [0.15, 0.2) is 10.8 Å². The number of carbonyl (C=O) groups excluding carboxylic acids is 3. The summed E-state index contributed by atoms with van der Waals surface area (Å²) in [6, 6.07) is 7.29. The van der Waals surface area contributed by atoms with E-state index in [1.165, 1.54) is 11.3 Å². The number of nitrogens with one attached hydrogen (secondary N) is 3. The zero-order valence-electron chi connectivity index (χ0n) is 13.6. The zero-order chi connectivity index (χ0) is 18.5. The second-order valence-electron chi connectivity index (χ2n) is 5.46. The molecule has 3 aromatic rings. The molecule has 0 fully saturated rings. The fourth-order valence-corrected chi connectivity index (χ4v) is 3.04. The third-order valence-corrected chi connectivity index (χ3v) is 4.28. The van der Waals surface area contributed by atoms with Gasteiger partial charge in [0.2, 0.25) is 11.8 Å². The van der Waals surface area contributed by atoms with E-state index in [1.54, 1.807) is 11.4 Å². The van der Waals surface area contributed by atoms with Crippen LogP contribution in [0.2, 0.25) is 0 Å². The summed E-state index contributed by atoms with van der Waals surface area (Å²) in [6.45, 7) is 0.158. The molecule has 0 saturated carbocycles. The van der Waals surface area contributed by atoms with Crippen LogP contribution in [-0.2, 0) is 16.0 Å². The van der Waals surface area contributed by atoms with Gasteiger partial charge in [-0.2, -0.15) is 5.10 Å². The quantitative estimate of drug-likeness (QED) is 0.485. The Balaban J connectivity index is 1.48. The molecule has 0 atom stereocenters. The SMILES string of the molecule is NC(=O)Cc1csc(NC(=O)CCNC(=O)c2n[nH]c3ccccc23)n1. The highest BCUT2D eigenvalue weighted by Crippen LogP contribution is 2.16. The number of aromatic nitrogens is 3. The molecule has 2 heterocycles. The van der Waals surface area contributed by atoms with E-state index in [9.17, 15) is 14.4 Å². The van der Waals surface area contributed by atoms with Crippen LogP contribution in [0.15, 0.2) is 29.6 Å². The summed E-state index contributed by atoms with van der Waals surface area (Å²) in [4.78, 5) is 39.0. The number of nitrogens with two attached hydrogens (primary N) is 1. The monoisotopic (exact) mass is 372 g/mol. The molecule has 10 heteroatoms. The Morgan fingerprint density at radius 3 is 2.85 bits per heavy atom. The number of para-hydroxylation sites is 1. The second-order valence-corrected chi connectivity index (χ2v) is 6.32. The van der Waals surface area contributed by atoms with E-state index < -0.39 is 5.91 Å². The van der Waals surface area contributed by atoms with Gasteiger partial charge in [-0.05, 0) is 6.07 Å². The molecule has 0 aliphatic carbocycles. The van der Waals surface area contributed by atoms with Crippen molar-refractivity contribution in [2.24, 2.45) is 5.73 Å². The lowest BCUT2D eigenvalue weighted by Gasteiger charge is -2.04. The number of aromatic amines is 1. The smallest absolute Gasteiger partial charge is 0.272 e. The highest BCUT2D eigenvalue weighted by Gasteiger charge is 2.14. The summed E-state index contributed by atoms with van der Waals surface area (Å²) in [7, 11) is 0. The molecule has 1 aromatic carbocycles. The van der Waals surface area contributed by atoms with Gasteiger partial charge in [-0.1, -0.05) is 18.2 Å². The molecule has 9 nitrogen and oxygen atoms in total. The molecule has 5 N–H and O–H groups in total. The van der Waals surface area contributed by atoms with Crippen LogP contribution in [0.4, 0.5) is 5.13 Å². The maximum atomic E-state index is 12.2. The minimum absolute atomic E-state index is 0.0278. The highest BCUT2D eigenvalue weighted by molar-refractivity contribution is 7.13. The molecule has 0 radical (unpaired) electrons. The maximum absolute atomic E-state index is 12.2. The van der Waals surface area contributed by atoms with Gasteiger partial charge in [-0.15, -0.1) is 11.3 Å². The number of primary amides is 1. The Kier molecular flexibility index (Phi) is 5.23. The van der Waals surface area contributed by atoms with E-state index in [0.29, 0.717) is 10.8 Å². The lowest BCUT2D eigenvalue weighted by atomic mass is 10.2. The van der Waals surface area contributed by atoms with Crippen LogP contribution >= 0.6 is 11.3 Å². The van der Waals surface area contributed by atoms with Crippen LogP contribution in [0.25, 0.3) is 10.9 Å². The first-order valence-electron chi connectivity index (χ1n) is 7.77. The normalized spacial score (nSPS) is 10.6. The van der Waals surface area contributed by atoms with E-state index in [2.05, 4.69) is 25.8 Å². The third kappa shape index (κ3) is 4.22. The van der Waals surface area contributed by atoms with Gasteiger partial charge in [-0.3, -0.25) is 19.5 Å². The van der Waals surface area contributed by atoms with Crippen LogP contribution in [0, 0.1) is 0 Å². The zero-order valence-corrected chi connectivity index (χ0v) is 14.4. The number of rotatable bonds is 7. The van der Waals surface area contributed by atoms with Crippen LogP contribution in [0.5, 0.6) is 0 Å². The Morgan fingerprint density at radius 2 is 2.04 bits per heavy atom. The van der Waals surface area contributed by atoms with Crippen molar-refractivity contribution in [3.8, 4) is 0 Å². The van der Waals surface area contributed by atoms with Crippen LogP contribution in [0.1, 0.15) is 22.6 Å². The van der Waals surface area contributed by atoms with E-state index in [4.69, 9.17) is 5.73 Å².